The molecule has 5 nitrogen and oxygen atoms in total. The van der Waals surface area contributed by atoms with Crippen molar-refractivity contribution < 1.29 is 9.53 Å². The summed E-state index contributed by atoms with van der Waals surface area (Å²) in [4.78, 5) is 15.0. The lowest BCUT2D eigenvalue weighted by molar-refractivity contribution is -0.126. The summed E-state index contributed by atoms with van der Waals surface area (Å²) in [7, 11) is 0. The quantitative estimate of drug-likeness (QED) is 0.803. The highest BCUT2D eigenvalue weighted by molar-refractivity contribution is 5.82. The second kappa shape index (κ2) is 7.07. The van der Waals surface area contributed by atoms with Gasteiger partial charge in [-0.3, -0.25) is 9.69 Å². The number of piperidine rings is 1. The van der Waals surface area contributed by atoms with E-state index in [0.717, 1.165) is 52.0 Å². The van der Waals surface area contributed by atoms with Crippen molar-refractivity contribution in [2.75, 3.05) is 32.8 Å². The lowest BCUT2D eigenvalue weighted by Gasteiger charge is -2.35. The molecule has 0 saturated carbocycles. The predicted molar refractivity (Wildman–Crippen MR) is 82.2 cm³/mol. The van der Waals surface area contributed by atoms with Crippen LogP contribution < -0.4 is 10.6 Å². The largest absolute Gasteiger partial charge is 0.378 e. The standard InChI is InChI=1S/C16H29N3O2/c1-12-13(6-10-21-12)11-18-16(20)15-3-2-9-19(15)14-4-7-17-8-5-14/h12-15,17H,2-11H2,1H3,(H,18,20). The van der Waals surface area contributed by atoms with Crippen LogP contribution >= 0.6 is 0 Å². The third-order valence-corrected chi connectivity index (χ3v) is 5.45. The zero-order chi connectivity index (χ0) is 14.7. The van der Waals surface area contributed by atoms with Gasteiger partial charge in [0.1, 0.15) is 0 Å². The van der Waals surface area contributed by atoms with Crippen molar-refractivity contribution >= 4 is 5.91 Å². The van der Waals surface area contributed by atoms with E-state index in [1.54, 1.807) is 0 Å². The highest BCUT2D eigenvalue weighted by atomic mass is 16.5. The molecule has 3 saturated heterocycles. The van der Waals surface area contributed by atoms with Crippen molar-refractivity contribution in [3.8, 4) is 0 Å². The maximum Gasteiger partial charge on any atom is 0.237 e. The van der Waals surface area contributed by atoms with E-state index in [0.29, 0.717) is 12.0 Å². The number of carbonyl (C=O) groups excluding carboxylic acids is 1. The van der Waals surface area contributed by atoms with Gasteiger partial charge in [-0.25, -0.2) is 0 Å². The van der Waals surface area contributed by atoms with Crippen molar-refractivity contribution in [2.45, 2.75) is 57.2 Å². The van der Waals surface area contributed by atoms with Gasteiger partial charge in [-0.15, -0.1) is 0 Å². The first-order chi connectivity index (χ1) is 10.3. The van der Waals surface area contributed by atoms with Gasteiger partial charge >= 0.3 is 0 Å². The van der Waals surface area contributed by atoms with Gasteiger partial charge in [-0.2, -0.15) is 0 Å². The smallest absolute Gasteiger partial charge is 0.237 e. The van der Waals surface area contributed by atoms with Gasteiger partial charge in [-0.05, 0) is 58.7 Å². The molecule has 1 amide bonds. The second-order valence-electron chi connectivity index (χ2n) is 6.75. The summed E-state index contributed by atoms with van der Waals surface area (Å²) in [5.74, 6) is 0.729. The third kappa shape index (κ3) is 3.58. The number of nitrogens with one attached hydrogen (secondary N) is 2. The minimum absolute atomic E-state index is 0.103. The molecule has 3 aliphatic heterocycles. The Morgan fingerprint density at radius 1 is 1.29 bits per heavy atom. The van der Waals surface area contributed by atoms with Gasteiger partial charge in [0, 0.05) is 25.1 Å². The van der Waals surface area contributed by atoms with E-state index in [2.05, 4.69) is 22.5 Å². The van der Waals surface area contributed by atoms with Crippen LogP contribution in [0.5, 0.6) is 0 Å². The number of nitrogens with zero attached hydrogens (tertiary/aromatic N) is 1. The first kappa shape index (κ1) is 15.3. The Kier molecular flexibility index (Phi) is 5.14. The number of ether oxygens (including phenoxy) is 1. The Morgan fingerprint density at radius 3 is 2.81 bits per heavy atom. The Morgan fingerprint density at radius 2 is 2.10 bits per heavy atom. The summed E-state index contributed by atoms with van der Waals surface area (Å²) in [6, 6.07) is 0.698. The lowest BCUT2D eigenvalue weighted by atomic mass is 10.0. The fourth-order valence-electron chi connectivity index (χ4n) is 4.04. The van der Waals surface area contributed by atoms with Gasteiger partial charge in [0.2, 0.25) is 5.91 Å². The highest BCUT2D eigenvalue weighted by Gasteiger charge is 2.36. The van der Waals surface area contributed by atoms with Crippen LogP contribution in [0.25, 0.3) is 0 Å². The Labute approximate surface area is 127 Å². The van der Waals surface area contributed by atoms with Crippen molar-refractivity contribution in [1.29, 1.82) is 0 Å². The molecule has 21 heavy (non-hydrogen) atoms. The van der Waals surface area contributed by atoms with Crippen LogP contribution in [-0.2, 0) is 9.53 Å². The van der Waals surface area contributed by atoms with Crippen LogP contribution in [0.2, 0.25) is 0 Å². The fraction of sp³-hybridized carbons (Fsp3) is 0.938. The third-order valence-electron chi connectivity index (χ3n) is 5.45. The van der Waals surface area contributed by atoms with Gasteiger partial charge in [-0.1, -0.05) is 0 Å². The van der Waals surface area contributed by atoms with Gasteiger partial charge < -0.3 is 15.4 Å². The van der Waals surface area contributed by atoms with Crippen LogP contribution in [0.4, 0.5) is 0 Å². The summed E-state index contributed by atoms with van der Waals surface area (Å²) in [6.45, 7) is 6.99. The van der Waals surface area contributed by atoms with Crippen LogP contribution in [0.3, 0.4) is 0 Å². The molecule has 3 aliphatic rings. The molecular weight excluding hydrogens is 266 g/mol. The highest BCUT2D eigenvalue weighted by Crippen LogP contribution is 2.25. The molecule has 3 atom stereocenters. The molecule has 0 bridgehead atoms. The average molecular weight is 295 g/mol. The number of amides is 1. The van der Waals surface area contributed by atoms with E-state index >= 15 is 0 Å². The molecule has 0 aliphatic carbocycles. The van der Waals surface area contributed by atoms with Crippen LogP contribution in [0.15, 0.2) is 0 Å². The van der Waals surface area contributed by atoms with Crippen LogP contribution in [0.1, 0.15) is 39.0 Å². The van der Waals surface area contributed by atoms with E-state index in [9.17, 15) is 4.79 Å². The second-order valence-corrected chi connectivity index (χ2v) is 6.75. The van der Waals surface area contributed by atoms with Crippen LogP contribution in [-0.4, -0.2) is 61.8 Å². The minimum atomic E-state index is 0.103. The number of rotatable bonds is 4. The number of likely N-dealkylation sites (tertiary alicyclic amines) is 1. The summed E-state index contributed by atoms with van der Waals surface area (Å²) >= 11 is 0. The molecule has 120 valence electrons. The molecule has 3 rings (SSSR count). The van der Waals surface area contributed by atoms with Crippen molar-refractivity contribution in [3.63, 3.8) is 0 Å². The lowest BCUT2D eigenvalue weighted by Crippen LogP contribution is -2.51. The summed E-state index contributed by atoms with van der Waals surface area (Å²) in [5.41, 5.74) is 0. The Balaban J connectivity index is 1.50. The van der Waals surface area contributed by atoms with Crippen molar-refractivity contribution in [3.05, 3.63) is 0 Å². The summed E-state index contributed by atoms with van der Waals surface area (Å²) < 4.78 is 5.57. The molecular formula is C16H29N3O2. The van der Waals surface area contributed by atoms with Gasteiger partial charge in [0.25, 0.3) is 0 Å². The van der Waals surface area contributed by atoms with Crippen LogP contribution in [0, 0.1) is 5.92 Å². The Hall–Kier alpha value is -0.650. The topological polar surface area (TPSA) is 53.6 Å². The number of hydrogen-bond acceptors (Lipinski definition) is 4. The molecule has 3 unspecified atom stereocenters. The fourth-order valence-corrected chi connectivity index (χ4v) is 4.04. The van der Waals surface area contributed by atoms with Gasteiger partial charge in [0.15, 0.2) is 0 Å². The Bertz CT molecular complexity index is 357. The molecule has 3 fully saturated rings. The first-order valence-electron chi connectivity index (χ1n) is 8.61. The van der Waals surface area contributed by atoms with E-state index in [1.807, 2.05) is 0 Å². The molecule has 0 aromatic carbocycles. The maximum absolute atomic E-state index is 12.6. The summed E-state index contributed by atoms with van der Waals surface area (Å²) in [5, 5.41) is 6.60. The number of carbonyl (C=O) groups is 1. The summed E-state index contributed by atoms with van der Waals surface area (Å²) in [6.07, 6.45) is 5.89. The molecule has 5 heteroatoms. The van der Waals surface area contributed by atoms with E-state index in [4.69, 9.17) is 4.74 Å². The SMILES string of the molecule is CC1OCCC1CNC(=O)C1CCCN1C1CCNCC1. The molecule has 0 aromatic heterocycles. The number of hydrogen-bond donors (Lipinski definition) is 2. The van der Waals surface area contributed by atoms with E-state index in [1.165, 1.54) is 12.8 Å². The monoisotopic (exact) mass is 295 g/mol. The molecule has 0 radical (unpaired) electrons. The first-order valence-corrected chi connectivity index (χ1v) is 8.61. The van der Waals surface area contributed by atoms with E-state index < -0.39 is 0 Å². The molecule has 2 N–H and O–H groups in total. The van der Waals surface area contributed by atoms with Crippen molar-refractivity contribution in [1.82, 2.24) is 15.5 Å². The van der Waals surface area contributed by atoms with Gasteiger partial charge in [0.05, 0.1) is 12.1 Å². The normalized spacial score (nSPS) is 35.2. The zero-order valence-electron chi connectivity index (χ0n) is 13.1. The molecule has 3 heterocycles. The molecule has 0 spiro atoms. The van der Waals surface area contributed by atoms with E-state index in [-0.39, 0.29) is 18.1 Å². The average Bonchev–Trinajstić information content (AvgIpc) is 3.15. The predicted octanol–water partition coefficient (Wildman–Crippen LogP) is 0.744. The zero-order valence-corrected chi connectivity index (χ0v) is 13.1. The maximum atomic E-state index is 12.6. The molecule has 0 aromatic rings. The minimum Gasteiger partial charge on any atom is -0.378 e. The van der Waals surface area contributed by atoms with Crippen molar-refractivity contribution in [2.24, 2.45) is 5.92 Å².